The maximum atomic E-state index is 14.0. The van der Waals surface area contributed by atoms with Gasteiger partial charge in [-0.05, 0) is 80.3 Å². The number of carbonyl (C=O) groups excluding carboxylic acids is 1. The molecule has 8 nitrogen and oxygen atoms in total. The molecule has 1 aliphatic carbocycles. The molecular weight excluding hydrogens is 560 g/mol. The van der Waals surface area contributed by atoms with Crippen LogP contribution < -0.4 is 14.2 Å². The maximum Gasteiger partial charge on any atom is 0.243 e. The van der Waals surface area contributed by atoms with Crippen LogP contribution in [-0.2, 0) is 27.8 Å². The van der Waals surface area contributed by atoms with Crippen LogP contribution in [0, 0.1) is 6.92 Å². The van der Waals surface area contributed by atoms with Gasteiger partial charge in [0.25, 0.3) is 0 Å². The first kappa shape index (κ1) is 30.9. The Balaban J connectivity index is 1.60. The van der Waals surface area contributed by atoms with Crippen molar-refractivity contribution in [1.82, 2.24) is 9.21 Å². The molecule has 0 spiro atoms. The molecule has 1 aromatic heterocycles. The second kappa shape index (κ2) is 14.2. The Bertz CT molecular complexity index is 1400. The summed E-state index contributed by atoms with van der Waals surface area (Å²) in [4.78, 5) is 18.2. The molecule has 0 radical (unpaired) electrons. The average molecular weight is 601 g/mol. The van der Waals surface area contributed by atoms with Gasteiger partial charge < -0.3 is 19.1 Å². The van der Waals surface area contributed by atoms with Crippen molar-refractivity contribution in [2.24, 2.45) is 0 Å². The summed E-state index contributed by atoms with van der Waals surface area (Å²) in [5, 5.41) is 0. The largest absolute Gasteiger partial charge is 0.497 e. The topological polar surface area (TPSA) is 85.4 Å². The number of thiophene rings is 1. The number of hydrogen-bond donors (Lipinski definition) is 0. The van der Waals surface area contributed by atoms with Crippen LogP contribution in [0.5, 0.6) is 17.2 Å². The van der Waals surface area contributed by atoms with Crippen LogP contribution >= 0.6 is 11.3 Å². The summed E-state index contributed by atoms with van der Waals surface area (Å²) in [5.74, 6) is 1.65. The molecular formula is C31H40N2O6S2. The van der Waals surface area contributed by atoms with Crippen molar-refractivity contribution >= 4 is 27.3 Å². The maximum absolute atomic E-state index is 14.0. The molecule has 1 fully saturated rings. The van der Waals surface area contributed by atoms with E-state index in [0.29, 0.717) is 36.8 Å². The lowest BCUT2D eigenvalue weighted by atomic mass is 9.95. The SMILES string of the molecule is COc1ccc(S(=O)(=O)N(CC(=O)N(CCc2ccc(OC)c(OC)c2)Cc2ccc(C)s2)C2CCCCC2)cc1. The Hall–Kier alpha value is -3.08. The van der Waals surface area contributed by atoms with Crippen LogP contribution in [0.1, 0.15) is 47.4 Å². The summed E-state index contributed by atoms with van der Waals surface area (Å²) in [5.41, 5.74) is 0.998. The smallest absolute Gasteiger partial charge is 0.243 e. The van der Waals surface area contributed by atoms with E-state index in [1.165, 1.54) is 9.18 Å². The molecule has 0 aliphatic heterocycles. The molecule has 0 bridgehead atoms. The minimum Gasteiger partial charge on any atom is -0.497 e. The van der Waals surface area contributed by atoms with E-state index in [1.54, 1.807) is 61.8 Å². The van der Waals surface area contributed by atoms with Gasteiger partial charge in [0.1, 0.15) is 5.75 Å². The minimum absolute atomic E-state index is 0.169. The number of carbonyl (C=O) groups is 1. The predicted octanol–water partition coefficient (Wildman–Crippen LogP) is 5.68. The lowest BCUT2D eigenvalue weighted by molar-refractivity contribution is -0.132. The van der Waals surface area contributed by atoms with Gasteiger partial charge in [-0.2, -0.15) is 4.31 Å². The zero-order valence-electron chi connectivity index (χ0n) is 24.3. The van der Waals surface area contributed by atoms with Crippen molar-refractivity contribution in [2.75, 3.05) is 34.4 Å². The quantitative estimate of drug-likeness (QED) is 0.251. The van der Waals surface area contributed by atoms with E-state index in [-0.39, 0.29) is 23.4 Å². The van der Waals surface area contributed by atoms with E-state index in [2.05, 4.69) is 0 Å². The van der Waals surface area contributed by atoms with E-state index < -0.39 is 10.0 Å². The number of sulfonamides is 1. The minimum atomic E-state index is -3.90. The Labute approximate surface area is 247 Å². The standard InChI is InChI=1S/C31H40N2O6S2/c1-23-10-14-27(40-23)21-32(19-18-24-11-17-29(38-3)30(20-24)39-4)31(34)22-33(25-8-6-5-7-9-25)41(35,36)28-15-12-26(37-2)13-16-28/h10-17,20,25H,5-9,18-19,21-22H2,1-4H3. The highest BCUT2D eigenvalue weighted by atomic mass is 32.2. The molecule has 1 aliphatic rings. The molecule has 41 heavy (non-hydrogen) atoms. The zero-order valence-corrected chi connectivity index (χ0v) is 25.9. The van der Waals surface area contributed by atoms with E-state index >= 15 is 0 Å². The van der Waals surface area contributed by atoms with Gasteiger partial charge in [-0.15, -0.1) is 11.3 Å². The monoisotopic (exact) mass is 600 g/mol. The first-order chi connectivity index (χ1) is 19.7. The van der Waals surface area contributed by atoms with Gasteiger partial charge in [0, 0.05) is 22.3 Å². The number of rotatable bonds is 13. The molecule has 0 atom stereocenters. The molecule has 1 saturated carbocycles. The summed E-state index contributed by atoms with van der Waals surface area (Å²) in [6.45, 7) is 2.70. The van der Waals surface area contributed by atoms with Crippen molar-refractivity contribution in [2.45, 2.75) is 62.9 Å². The summed E-state index contributed by atoms with van der Waals surface area (Å²) < 4.78 is 45.4. The molecule has 10 heteroatoms. The van der Waals surface area contributed by atoms with Crippen LogP contribution in [0.15, 0.2) is 59.5 Å². The summed E-state index contributed by atoms with van der Waals surface area (Å²) in [7, 11) is 0.833. The zero-order chi connectivity index (χ0) is 29.4. The van der Waals surface area contributed by atoms with Crippen molar-refractivity contribution in [3.63, 3.8) is 0 Å². The highest BCUT2D eigenvalue weighted by molar-refractivity contribution is 7.89. The first-order valence-corrected chi connectivity index (χ1v) is 16.2. The van der Waals surface area contributed by atoms with Gasteiger partial charge in [-0.1, -0.05) is 25.3 Å². The third kappa shape index (κ3) is 7.81. The van der Waals surface area contributed by atoms with Crippen LogP contribution in [-0.4, -0.2) is 64.0 Å². The number of ether oxygens (including phenoxy) is 3. The summed E-state index contributed by atoms with van der Waals surface area (Å²) in [6, 6.07) is 16.0. The van der Waals surface area contributed by atoms with Crippen LogP contribution in [0.4, 0.5) is 0 Å². The number of hydrogen-bond acceptors (Lipinski definition) is 7. The number of methoxy groups -OCH3 is 3. The normalized spacial score (nSPS) is 14.2. The van der Waals surface area contributed by atoms with Crippen molar-refractivity contribution in [1.29, 1.82) is 0 Å². The number of amides is 1. The summed E-state index contributed by atoms with van der Waals surface area (Å²) in [6.07, 6.45) is 5.06. The number of nitrogens with zero attached hydrogens (tertiary/aromatic N) is 2. The molecule has 4 rings (SSSR count). The third-order valence-electron chi connectivity index (χ3n) is 7.55. The van der Waals surface area contributed by atoms with Gasteiger partial charge in [0.2, 0.25) is 15.9 Å². The molecule has 0 saturated heterocycles. The van der Waals surface area contributed by atoms with Crippen LogP contribution in [0.3, 0.4) is 0 Å². The lowest BCUT2D eigenvalue weighted by Crippen LogP contribution is -2.48. The summed E-state index contributed by atoms with van der Waals surface area (Å²) >= 11 is 1.64. The van der Waals surface area contributed by atoms with E-state index in [4.69, 9.17) is 14.2 Å². The fourth-order valence-corrected chi connectivity index (χ4v) is 7.79. The highest BCUT2D eigenvalue weighted by Gasteiger charge is 2.35. The van der Waals surface area contributed by atoms with Crippen molar-refractivity contribution in [3.8, 4) is 17.2 Å². The number of benzene rings is 2. The Morgan fingerprint density at radius 3 is 2.22 bits per heavy atom. The van der Waals surface area contributed by atoms with Crippen LogP contribution in [0.25, 0.3) is 0 Å². The van der Waals surface area contributed by atoms with Gasteiger partial charge in [-0.3, -0.25) is 4.79 Å². The Morgan fingerprint density at radius 1 is 0.902 bits per heavy atom. The molecule has 1 heterocycles. The van der Waals surface area contributed by atoms with E-state index in [1.807, 2.05) is 37.3 Å². The Morgan fingerprint density at radius 2 is 1.61 bits per heavy atom. The average Bonchev–Trinajstić information content (AvgIpc) is 3.42. The molecule has 0 unspecified atom stereocenters. The third-order valence-corrected chi connectivity index (χ3v) is 10.5. The van der Waals surface area contributed by atoms with Crippen molar-refractivity contribution < 1.29 is 27.4 Å². The van der Waals surface area contributed by atoms with Crippen LogP contribution in [0.2, 0.25) is 0 Å². The number of aryl methyl sites for hydroxylation is 1. The second-order valence-corrected chi connectivity index (χ2v) is 13.5. The predicted molar refractivity (Wildman–Crippen MR) is 161 cm³/mol. The highest BCUT2D eigenvalue weighted by Crippen LogP contribution is 2.30. The molecule has 222 valence electrons. The van der Waals surface area contributed by atoms with Gasteiger partial charge >= 0.3 is 0 Å². The fourth-order valence-electron chi connectivity index (χ4n) is 5.25. The van der Waals surface area contributed by atoms with Gasteiger partial charge in [0.15, 0.2) is 11.5 Å². The first-order valence-electron chi connectivity index (χ1n) is 13.9. The molecule has 0 N–H and O–H groups in total. The lowest BCUT2D eigenvalue weighted by Gasteiger charge is -2.34. The second-order valence-electron chi connectivity index (χ2n) is 10.3. The Kier molecular flexibility index (Phi) is 10.7. The fraction of sp³-hybridized carbons (Fsp3) is 0.452. The van der Waals surface area contributed by atoms with E-state index in [0.717, 1.165) is 42.5 Å². The van der Waals surface area contributed by atoms with Gasteiger partial charge in [-0.25, -0.2) is 8.42 Å². The molecule has 1 amide bonds. The van der Waals surface area contributed by atoms with Gasteiger partial charge in [0.05, 0.1) is 39.3 Å². The molecule has 3 aromatic rings. The van der Waals surface area contributed by atoms with E-state index in [9.17, 15) is 13.2 Å². The van der Waals surface area contributed by atoms with Crippen molar-refractivity contribution in [3.05, 3.63) is 69.9 Å². The molecule has 2 aromatic carbocycles.